The van der Waals surface area contributed by atoms with Crippen molar-refractivity contribution >= 4 is 23.6 Å². The molecule has 28 heavy (non-hydrogen) atoms. The van der Waals surface area contributed by atoms with Gasteiger partial charge in [-0.05, 0) is 39.0 Å². The number of nitrogens with zero attached hydrogens (tertiary/aromatic N) is 3. The summed E-state index contributed by atoms with van der Waals surface area (Å²) in [5.74, 6) is -0.424. The van der Waals surface area contributed by atoms with E-state index in [9.17, 15) is 14.0 Å². The quantitative estimate of drug-likeness (QED) is 0.845. The van der Waals surface area contributed by atoms with Crippen molar-refractivity contribution in [2.45, 2.75) is 32.5 Å². The molecule has 2 aliphatic rings. The molecule has 0 aliphatic carbocycles. The van der Waals surface area contributed by atoms with Crippen LogP contribution in [0.5, 0.6) is 0 Å². The summed E-state index contributed by atoms with van der Waals surface area (Å²) in [6.45, 7) is 7.90. The molecule has 2 N–H and O–H groups in total. The number of cyclic esters (lactones) is 1. The molecule has 0 bridgehead atoms. The van der Waals surface area contributed by atoms with Gasteiger partial charge >= 0.3 is 12.2 Å². The summed E-state index contributed by atoms with van der Waals surface area (Å²) < 4.78 is 25.2. The van der Waals surface area contributed by atoms with Crippen LogP contribution in [0.4, 0.5) is 25.4 Å². The van der Waals surface area contributed by atoms with E-state index in [1.165, 1.54) is 11.0 Å². The first-order valence-electron chi connectivity index (χ1n) is 9.38. The zero-order chi connectivity index (χ0) is 20.5. The maximum atomic E-state index is 14.7. The Morgan fingerprint density at radius 3 is 2.50 bits per heavy atom. The normalized spacial score (nSPS) is 20.4. The molecule has 2 fully saturated rings. The molecule has 1 aromatic carbocycles. The smallest absolute Gasteiger partial charge is 0.414 e. The van der Waals surface area contributed by atoms with Crippen LogP contribution in [-0.4, -0.2) is 68.1 Å². The Kier molecular flexibility index (Phi) is 5.64. The van der Waals surface area contributed by atoms with E-state index < -0.39 is 17.5 Å². The minimum atomic E-state index is -0.546. The van der Waals surface area contributed by atoms with Crippen LogP contribution in [0.3, 0.4) is 0 Å². The van der Waals surface area contributed by atoms with Gasteiger partial charge in [-0.3, -0.25) is 4.90 Å². The lowest BCUT2D eigenvalue weighted by atomic mass is 10.2. The third-order valence-corrected chi connectivity index (χ3v) is 4.65. The van der Waals surface area contributed by atoms with E-state index in [-0.39, 0.29) is 18.7 Å². The molecular formula is C19H27FN4O4. The lowest BCUT2D eigenvalue weighted by Crippen LogP contribution is -2.50. The Morgan fingerprint density at radius 1 is 1.29 bits per heavy atom. The van der Waals surface area contributed by atoms with Crippen LogP contribution < -0.4 is 15.5 Å². The van der Waals surface area contributed by atoms with Gasteiger partial charge < -0.3 is 25.0 Å². The monoisotopic (exact) mass is 394 g/mol. The molecule has 0 spiro atoms. The number of ether oxygens (including phenoxy) is 2. The first kappa shape index (κ1) is 20.2. The second-order valence-corrected chi connectivity index (χ2v) is 7.94. The fourth-order valence-corrected chi connectivity index (χ4v) is 3.23. The Morgan fingerprint density at radius 2 is 1.96 bits per heavy atom. The van der Waals surface area contributed by atoms with Crippen LogP contribution in [0, 0.1) is 5.82 Å². The van der Waals surface area contributed by atoms with Gasteiger partial charge in [-0.2, -0.15) is 0 Å². The van der Waals surface area contributed by atoms with Crippen molar-refractivity contribution in [2.75, 3.05) is 49.1 Å². The molecule has 2 heterocycles. The molecule has 0 saturated carbocycles. The number of halogens is 1. The Balaban J connectivity index is 1.63. The summed E-state index contributed by atoms with van der Waals surface area (Å²) in [7, 11) is 0. The van der Waals surface area contributed by atoms with Crippen LogP contribution in [0.2, 0.25) is 0 Å². The summed E-state index contributed by atoms with van der Waals surface area (Å²) in [5, 5.41) is 0. The first-order valence-corrected chi connectivity index (χ1v) is 9.38. The van der Waals surface area contributed by atoms with Crippen molar-refractivity contribution in [3.63, 3.8) is 0 Å². The average molecular weight is 394 g/mol. The Labute approximate surface area is 163 Å². The van der Waals surface area contributed by atoms with Crippen LogP contribution in [-0.2, 0) is 9.47 Å². The number of hydrogen-bond acceptors (Lipinski definition) is 6. The van der Waals surface area contributed by atoms with Crippen molar-refractivity contribution < 1.29 is 23.5 Å². The maximum Gasteiger partial charge on any atom is 0.414 e. The second-order valence-electron chi connectivity index (χ2n) is 7.94. The molecular weight excluding hydrogens is 367 g/mol. The number of hydrogen-bond donors (Lipinski definition) is 1. The van der Waals surface area contributed by atoms with E-state index in [0.29, 0.717) is 44.1 Å². The zero-order valence-electron chi connectivity index (χ0n) is 16.5. The molecule has 8 nitrogen and oxygen atoms in total. The van der Waals surface area contributed by atoms with Gasteiger partial charge in [0.15, 0.2) is 0 Å². The molecule has 2 saturated heterocycles. The van der Waals surface area contributed by atoms with Crippen LogP contribution in [0.15, 0.2) is 18.2 Å². The molecule has 0 aromatic heterocycles. The molecule has 1 atom stereocenters. The number of amides is 2. The fraction of sp³-hybridized carbons (Fsp3) is 0.579. The number of anilines is 2. The predicted molar refractivity (Wildman–Crippen MR) is 103 cm³/mol. The number of carbonyl (C=O) groups excluding carboxylic acids is 2. The number of nitrogens with two attached hydrogens (primary N) is 1. The van der Waals surface area contributed by atoms with Gasteiger partial charge in [-0.25, -0.2) is 14.0 Å². The molecule has 1 aromatic rings. The average Bonchev–Trinajstić information content (AvgIpc) is 3.01. The van der Waals surface area contributed by atoms with Crippen molar-refractivity contribution in [3.8, 4) is 0 Å². The van der Waals surface area contributed by atoms with Crippen molar-refractivity contribution in [1.29, 1.82) is 0 Å². The standard InChI is InChI=1S/C19H27FN4O4/c1-19(2,3)28-17(25)23-8-6-22(7-9-23)16-5-4-13(10-15(16)20)24-12-14(11-21)27-18(24)26/h4-5,10,14H,6-9,11-12,21H2,1-3H3. The van der Waals surface area contributed by atoms with Gasteiger partial charge in [0.25, 0.3) is 0 Å². The van der Waals surface area contributed by atoms with Gasteiger partial charge in [-0.15, -0.1) is 0 Å². The number of rotatable bonds is 3. The molecule has 2 amide bonds. The van der Waals surface area contributed by atoms with Crippen molar-refractivity contribution in [1.82, 2.24) is 4.90 Å². The lowest BCUT2D eigenvalue weighted by Gasteiger charge is -2.37. The van der Waals surface area contributed by atoms with Gasteiger partial charge in [0.1, 0.15) is 17.5 Å². The van der Waals surface area contributed by atoms with E-state index >= 15 is 0 Å². The predicted octanol–water partition coefficient (Wildman–Crippen LogP) is 2.17. The summed E-state index contributed by atoms with van der Waals surface area (Å²) in [6.07, 6.45) is -1.25. The Hall–Kier alpha value is -2.55. The van der Waals surface area contributed by atoms with Gasteiger partial charge in [0.2, 0.25) is 0 Å². The highest BCUT2D eigenvalue weighted by Gasteiger charge is 2.32. The molecule has 2 aliphatic heterocycles. The SMILES string of the molecule is CC(C)(C)OC(=O)N1CCN(c2ccc(N3CC(CN)OC3=O)cc2F)CC1. The van der Waals surface area contributed by atoms with Crippen LogP contribution in [0.1, 0.15) is 20.8 Å². The molecule has 0 radical (unpaired) electrons. The van der Waals surface area contributed by atoms with E-state index in [0.717, 1.165) is 0 Å². The molecule has 3 rings (SSSR count). The van der Waals surface area contributed by atoms with E-state index in [2.05, 4.69) is 0 Å². The molecule has 154 valence electrons. The number of benzene rings is 1. The summed E-state index contributed by atoms with van der Waals surface area (Å²) in [6, 6.07) is 4.67. The van der Waals surface area contributed by atoms with Gasteiger partial charge in [-0.1, -0.05) is 0 Å². The maximum absolute atomic E-state index is 14.7. The molecule has 9 heteroatoms. The fourth-order valence-electron chi connectivity index (χ4n) is 3.23. The van der Waals surface area contributed by atoms with Crippen molar-refractivity contribution in [2.24, 2.45) is 5.73 Å². The largest absolute Gasteiger partial charge is 0.444 e. The topological polar surface area (TPSA) is 88.3 Å². The van der Waals surface area contributed by atoms with Crippen LogP contribution >= 0.6 is 0 Å². The summed E-state index contributed by atoms with van der Waals surface area (Å²) >= 11 is 0. The third-order valence-electron chi connectivity index (χ3n) is 4.65. The van der Waals surface area contributed by atoms with E-state index in [4.69, 9.17) is 15.2 Å². The van der Waals surface area contributed by atoms with E-state index in [1.54, 1.807) is 17.0 Å². The van der Waals surface area contributed by atoms with E-state index in [1.807, 2.05) is 25.7 Å². The summed E-state index contributed by atoms with van der Waals surface area (Å²) in [4.78, 5) is 28.9. The highest BCUT2D eigenvalue weighted by Crippen LogP contribution is 2.28. The minimum absolute atomic E-state index is 0.227. The van der Waals surface area contributed by atoms with Gasteiger partial charge in [0, 0.05) is 32.7 Å². The first-order chi connectivity index (χ1) is 13.2. The van der Waals surface area contributed by atoms with Gasteiger partial charge in [0.05, 0.1) is 17.9 Å². The summed E-state index contributed by atoms with van der Waals surface area (Å²) in [5.41, 5.74) is 5.87. The minimum Gasteiger partial charge on any atom is -0.444 e. The Bertz CT molecular complexity index is 744. The van der Waals surface area contributed by atoms with Crippen LogP contribution in [0.25, 0.3) is 0 Å². The second kappa shape index (κ2) is 7.83. The number of piperazine rings is 1. The third kappa shape index (κ3) is 4.46. The number of carbonyl (C=O) groups is 2. The zero-order valence-corrected chi connectivity index (χ0v) is 16.5. The highest BCUT2D eigenvalue weighted by molar-refractivity contribution is 5.90. The lowest BCUT2D eigenvalue weighted by molar-refractivity contribution is 0.0240. The molecule has 1 unspecified atom stereocenters. The van der Waals surface area contributed by atoms with Crippen molar-refractivity contribution in [3.05, 3.63) is 24.0 Å². The highest BCUT2D eigenvalue weighted by atomic mass is 19.1.